The van der Waals surface area contributed by atoms with Gasteiger partial charge in [-0.2, -0.15) is 0 Å². The molecule has 0 aliphatic heterocycles. The van der Waals surface area contributed by atoms with Gasteiger partial charge in [-0.25, -0.2) is 0 Å². The van der Waals surface area contributed by atoms with E-state index >= 15 is 0 Å². The molecule has 0 bridgehead atoms. The molecule has 2 heteroatoms. The minimum atomic E-state index is 0.843. The maximum absolute atomic E-state index is 6.38. The van der Waals surface area contributed by atoms with Crippen LogP contribution in [-0.4, -0.2) is 0 Å². The molecule has 2 nitrogen and oxygen atoms in total. The van der Waals surface area contributed by atoms with Crippen LogP contribution in [0.1, 0.15) is 0 Å². The van der Waals surface area contributed by atoms with Crippen molar-refractivity contribution >= 4 is 28.0 Å². The summed E-state index contributed by atoms with van der Waals surface area (Å²) in [6.07, 6.45) is 0. The second kappa shape index (κ2) is 13.8. The molecule has 0 spiro atoms. The summed E-state index contributed by atoms with van der Waals surface area (Å²) in [6, 6.07) is 75.4. The summed E-state index contributed by atoms with van der Waals surface area (Å²) in [5, 5.41) is 1.09. The van der Waals surface area contributed by atoms with E-state index in [1.807, 2.05) is 18.2 Å². The van der Waals surface area contributed by atoms with Crippen LogP contribution in [0.15, 0.2) is 217 Å². The van der Waals surface area contributed by atoms with Gasteiger partial charge in [-0.1, -0.05) is 164 Å². The zero-order valence-corrected chi connectivity index (χ0v) is 28.6. The molecule has 246 valence electrons. The lowest BCUT2D eigenvalue weighted by atomic mass is 9.96. The molecule has 0 aliphatic carbocycles. The van der Waals surface area contributed by atoms with Crippen LogP contribution in [0.3, 0.4) is 0 Å². The van der Waals surface area contributed by atoms with Crippen molar-refractivity contribution in [1.82, 2.24) is 0 Å². The normalized spacial score (nSPS) is 11.1. The van der Waals surface area contributed by atoms with Gasteiger partial charge in [0.2, 0.25) is 0 Å². The first-order valence-corrected chi connectivity index (χ1v) is 17.7. The first kappa shape index (κ1) is 31.1. The monoisotopic (exact) mass is 665 g/mol. The van der Waals surface area contributed by atoms with Crippen LogP contribution in [0, 0.1) is 0 Å². The van der Waals surface area contributed by atoms with E-state index < -0.39 is 0 Å². The maximum atomic E-state index is 6.38. The van der Waals surface area contributed by atoms with Crippen molar-refractivity contribution in [3.63, 3.8) is 0 Å². The standard InChI is InChI=1S/C50H35NO/c1-4-15-36(16-5-1)39-27-29-40(30-28-39)47-24-11-12-25-48(47)51(45-23-14-22-41(32-45)50-35-42-21-10-13-26-49(42)52-50)46-33-43(37-17-6-2-7-18-37)31-44(34-46)38-19-8-3-9-20-38/h1-35H. The molecule has 9 rings (SSSR count). The average molecular weight is 666 g/mol. The average Bonchev–Trinajstić information content (AvgIpc) is 3.67. The van der Waals surface area contributed by atoms with E-state index in [0.29, 0.717) is 0 Å². The smallest absolute Gasteiger partial charge is 0.135 e. The maximum Gasteiger partial charge on any atom is 0.135 e. The Morgan fingerprint density at radius 1 is 0.308 bits per heavy atom. The van der Waals surface area contributed by atoms with E-state index in [9.17, 15) is 0 Å². The lowest BCUT2D eigenvalue weighted by Crippen LogP contribution is -2.12. The zero-order chi connectivity index (χ0) is 34.7. The fourth-order valence-corrected chi connectivity index (χ4v) is 7.07. The van der Waals surface area contributed by atoms with Crippen molar-refractivity contribution in [2.24, 2.45) is 0 Å². The van der Waals surface area contributed by atoms with E-state index in [1.54, 1.807) is 0 Å². The Morgan fingerprint density at radius 2 is 0.808 bits per heavy atom. The highest BCUT2D eigenvalue weighted by Crippen LogP contribution is 2.44. The zero-order valence-electron chi connectivity index (χ0n) is 28.6. The highest BCUT2D eigenvalue weighted by molar-refractivity contribution is 5.92. The highest BCUT2D eigenvalue weighted by Gasteiger charge is 2.20. The van der Waals surface area contributed by atoms with Gasteiger partial charge in [0, 0.05) is 27.9 Å². The van der Waals surface area contributed by atoms with Crippen LogP contribution >= 0.6 is 0 Å². The fraction of sp³-hybridized carbons (Fsp3) is 0. The minimum absolute atomic E-state index is 0.843. The molecule has 0 amide bonds. The molecule has 0 radical (unpaired) electrons. The van der Waals surface area contributed by atoms with Crippen molar-refractivity contribution in [3.8, 4) is 55.8 Å². The van der Waals surface area contributed by atoms with Crippen LogP contribution in [0.25, 0.3) is 66.8 Å². The number of hydrogen-bond acceptors (Lipinski definition) is 2. The van der Waals surface area contributed by atoms with Crippen molar-refractivity contribution in [2.45, 2.75) is 0 Å². The third-order valence-corrected chi connectivity index (χ3v) is 9.65. The molecule has 0 fully saturated rings. The lowest BCUT2D eigenvalue weighted by molar-refractivity contribution is 0.631. The number of hydrogen-bond donors (Lipinski definition) is 0. The van der Waals surface area contributed by atoms with E-state index in [1.165, 1.54) is 22.3 Å². The predicted octanol–water partition coefficient (Wildman–Crippen LogP) is 14.2. The lowest BCUT2D eigenvalue weighted by Gasteiger charge is -2.29. The van der Waals surface area contributed by atoms with Gasteiger partial charge < -0.3 is 9.32 Å². The largest absolute Gasteiger partial charge is 0.456 e. The van der Waals surface area contributed by atoms with E-state index in [4.69, 9.17) is 4.42 Å². The molecule has 0 saturated heterocycles. The molecule has 0 saturated carbocycles. The Hall–Kier alpha value is -6.90. The van der Waals surface area contributed by atoms with Gasteiger partial charge in [-0.3, -0.25) is 0 Å². The summed E-state index contributed by atoms with van der Waals surface area (Å²) in [6.45, 7) is 0. The number of fused-ring (bicyclic) bond motifs is 1. The molecule has 0 atom stereocenters. The molecule has 1 aromatic heterocycles. The molecule has 8 aromatic carbocycles. The Labute approximate surface area is 304 Å². The van der Waals surface area contributed by atoms with Gasteiger partial charge in [0.05, 0.1) is 5.69 Å². The summed E-state index contributed by atoms with van der Waals surface area (Å²) in [5.41, 5.74) is 14.4. The predicted molar refractivity (Wildman–Crippen MR) is 218 cm³/mol. The van der Waals surface area contributed by atoms with Crippen LogP contribution in [0.2, 0.25) is 0 Å². The summed E-state index contributed by atoms with van der Waals surface area (Å²) in [4.78, 5) is 2.39. The van der Waals surface area contributed by atoms with Crippen molar-refractivity contribution in [3.05, 3.63) is 212 Å². The van der Waals surface area contributed by atoms with Gasteiger partial charge in [-0.15, -0.1) is 0 Å². The summed E-state index contributed by atoms with van der Waals surface area (Å²) >= 11 is 0. The summed E-state index contributed by atoms with van der Waals surface area (Å²) < 4.78 is 6.38. The van der Waals surface area contributed by atoms with Crippen molar-refractivity contribution in [2.75, 3.05) is 4.90 Å². The Balaban J connectivity index is 1.25. The minimum Gasteiger partial charge on any atom is -0.456 e. The van der Waals surface area contributed by atoms with Gasteiger partial charge >= 0.3 is 0 Å². The number of para-hydroxylation sites is 2. The second-order valence-corrected chi connectivity index (χ2v) is 13.0. The molecular weight excluding hydrogens is 631 g/mol. The second-order valence-electron chi connectivity index (χ2n) is 13.0. The Bertz CT molecular complexity index is 2510. The van der Waals surface area contributed by atoms with E-state index in [-0.39, 0.29) is 0 Å². The third-order valence-electron chi connectivity index (χ3n) is 9.65. The number of anilines is 3. The molecule has 0 unspecified atom stereocenters. The summed E-state index contributed by atoms with van der Waals surface area (Å²) in [5.74, 6) is 0.843. The molecule has 1 heterocycles. The molecule has 9 aromatic rings. The third kappa shape index (κ3) is 6.19. The number of rotatable bonds is 8. The van der Waals surface area contributed by atoms with Gasteiger partial charge in [0.25, 0.3) is 0 Å². The van der Waals surface area contributed by atoms with Crippen LogP contribution < -0.4 is 4.90 Å². The number of nitrogens with zero attached hydrogens (tertiary/aromatic N) is 1. The van der Waals surface area contributed by atoms with Crippen LogP contribution in [-0.2, 0) is 0 Å². The first-order valence-electron chi connectivity index (χ1n) is 17.7. The summed E-state index contributed by atoms with van der Waals surface area (Å²) in [7, 11) is 0. The molecule has 0 N–H and O–H groups in total. The quantitative estimate of drug-likeness (QED) is 0.161. The van der Waals surface area contributed by atoms with Gasteiger partial charge in [0.1, 0.15) is 11.3 Å². The Kier molecular flexibility index (Phi) is 8.24. The van der Waals surface area contributed by atoms with Gasteiger partial charge in [-0.05, 0) is 87.5 Å². The number of furan rings is 1. The SMILES string of the molecule is c1ccc(-c2ccc(-c3ccccc3N(c3cc(-c4ccccc4)cc(-c4ccccc4)c3)c3cccc(-c4cc5ccccc5o4)c3)cc2)cc1. The van der Waals surface area contributed by atoms with Crippen LogP contribution in [0.5, 0.6) is 0 Å². The topological polar surface area (TPSA) is 16.4 Å². The van der Waals surface area contributed by atoms with Crippen LogP contribution in [0.4, 0.5) is 17.1 Å². The molecule has 0 aliphatic rings. The highest BCUT2D eigenvalue weighted by atomic mass is 16.3. The number of benzene rings is 8. The fourth-order valence-electron chi connectivity index (χ4n) is 7.07. The molecular formula is C50H35NO. The Morgan fingerprint density at radius 3 is 1.46 bits per heavy atom. The van der Waals surface area contributed by atoms with E-state index in [2.05, 4.69) is 199 Å². The van der Waals surface area contributed by atoms with Crippen molar-refractivity contribution in [1.29, 1.82) is 0 Å². The van der Waals surface area contributed by atoms with E-state index in [0.717, 1.165) is 61.6 Å². The van der Waals surface area contributed by atoms with Gasteiger partial charge in [0.15, 0.2) is 0 Å². The molecule has 52 heavy (non-hydrogen) atoms. The first-order chi connectivity index (χ1) is 25.8. The van der Waals surface area contributed by atoms with Crippen molar-refractivity contribution < 1.29 is 4.42 Å².